The topological polar surface area (TPSA) is 42.2 Å². The number of furan rings is 1. The molecule has 3 aromatic rings. The maximum Gasteiger partial charge on any atom is 0.251 e. The van der Waals surface area contributed by atoms with E-state index in [0.717, 1.165) is 17.5 Å². The molecule has 1 N–H and O–H groups in total. The molecule has 0 saturated heterocycles. The fourth-order valence-electron chi connectivity index (χ4n) is 2.10. The third-order valence-electron chi connectivity index (χ3n) is 3.28. The Labute approximate surface area is 127 Å². The molecule has 0 radical (unpaired) electrons. The third-order valence-corrected chi connectivity index (χ3v) is 3.96. The number of hydrogen-bond donors (Lipinski definition) is 1. The molecule has 3 nitrogen and oxygen atoms in total. The second-order valence-electron chi connectivity index (χ2n) is 4.73. The van der Waals surface area contributed by atoms with E-state index in [1.165, 1.54) is 5.56 Å². The second kappa shape index (κ2) is 6.41. The maximum atomic E-state index is 12.0. The Balaban J connectivity index is 1.57. The molecule has 2 heterocycles. The van der Waals surface area contributed by atoms with Crippen molar-refractivity contribution in [2.45, 2.75) is 6.42 Å². The first-order valence-corrected chi connectivity index (χ1v) is 7.69. The lowest BCUT2D eigenvalue weighted by Gasteiger charge is -2.05. The van der Waals surface area contributed by atoms with Crippen LogP contribution in [0.3, 0.4) is 0 Å². The molecule has 3 rings (SSSR count). The van der Waals surface area contributed by atoms with E-state index >= 15 is 0 Å². The van der Waals surface area contributed by atoms with Gasteiger partial charge in [-0.15, -0.1) is 0 Å². The number of nitrogens with one attached hydrogen (secondary N) is 1. The van der Waals surface area contributed by atoms with Gasteiger partial charge in [-0.25, -0.2) is 0 Å². The van der Waals surface area contributed by atoms with Crippen LogP contribution in [0.5, 0.6) is 0 Å². The first-order valence-electron chi connectivity index (χ1n) is 6.75. The van der Waals surface area contributed by atoms with Crippen LogP contribution >= 0.6 is 11.3 Å². The summed E-state index contributed by atoms with van der Waals surface area (Å²) in [5, 5.41) is 7.06. The monoisotopic (exact) mass is 297 g/mol. The lowest BCUT2D eigenvalue weighted by molar-refractivity contribution is 0.0954. The minimum Gasteiger partial charge on any atom is -0.472 e. The Hall–Kier alpha value is -2.33. The molecule has 106 valence electrons. The molecular formula is C17H15NO2S. The van der Waals surface area contributed by atoms with Crippen LogP contribution < -0.4 is 5.32 Å². The van der Waals surface area contributed by atoms with Crippen LogP contribution in [0.25, 0.3) is 11.1 Å². The van der Waals surface area contributed by atoms with Crippen molar-refractivity contribution < 1.29 is 9.21 Å². The fraction of sp³-hybridized carbons (Fsp3) is 0.118. The van der Waals surface area contributed by atoms with Crippen molar-refractivity contribution in [2.24, 2.45) is 0 Å². The van der Waals surface area contributed by atoms with E-state index in [0.29, 0.717) is 12.1 Å². The molecule has 1 amide bonds. The number of amides is 1. The predicted molar refractivity (Wildman–Crippen MR) is 84.5 cm³/mol. The van der Waals surface area contributed by atoms with Gasteiger partial charge in [-0.1, -0.05) is 12.1 Å². The molecule has 2 aromatic heterocycles. The smallest absolute Gasteiger partial charge is 0.251 e. The average molecular weight is 297 g/mol. The molecular weight excluding hydrogens is 282 g/mol. The zero-order chi connectivity index (χ0) is 14.5. The fourth-order valence-corrected chi connectivity index (χ4v) is 2.77. The minimum atomic E-state index is -0.0460. The number of hydrogen-bond acceptors (Lipinski definition) is 3. The van der Waals surface area contributed by atoms with Crippen molar-refractivity contribution in [3.8, 4) is 11.1 Å². The summed E-state index contributed by atoms with van der Waals surface area (Å²) in [6, 6.07) is 11.7. The number of thiophene rings is 1. The standard InChI is InChI=1S/C17H15NO2S/c19-17(18-8-5-13-6-9-20-11-13)15-3-1-14(2-4-15)16-7-10-21-12-16/h1-4,6-7,9-12H,5,8H2,(H,18,19). The van der Waals surface area contributed by atoms with Crippen molar-refractivity contribution in [1.82, 2.24) is 5.32 Å². The van der Waals surface area contributed by atoms with Gasteiger partial charge in [0.25, 0.3) is 5.91 Å². The van der Waals surface area contributed by atoms with Gasteiger partial charge >= 0.3 is 0 Å². The minimum absolute atomic E-state index is 0.0460. The van der Waals surface area contributed by atoms with Gasteiger partial charge < -0.3 is 9.73 Å². The molecule has 0 bridgehead atoms. The van der Waals surface area contributed by atoms with Crippen LogP contribution in [-0.4, -0.2) is 12.5 Å². The summed E-state index contributed by atoms with van der Waals surface area (Å²) in [5.74, 6) is -0.0460. The number of benzene rings is 1. The Kier molecular flexibility index (Phi) is 4.17. The number of rotatable bonds is 5. The van der Waals surface area contributed by atoms with Gasteiger partial charge in [0, 0.05) is 12.1 Å². The lowest BCUT2D eigenvalue weighted by atomic mass is 10.1. The highest BCUT2D eigenvalue weighted by molar-refractivity contribution is 7.08. The van der Waals surface area contributed by atoms with E-state index in [-0.39, 0.29) is 5.91 Å². The first kappa shape index (κ1) is 13.6. The van der Waals surface area contributed by atoms with E-state index in [2.05, 4.69) is 16.8 Å². The molecule has 1 aromatic carbocycles. The lowest BCUT2D eigenvalue weighted by Crippen LogP contribution is -2.25. The molecule has 0 aliphatic carbocycles. The van der Waals surface area contributed by atoms with Gasteiger partial charge in [-0.3, -0.25) is 4.79 Å². The number of carbonyl (C=O) groups excluding carboxylic acids is 1. The van der Waals surface area contributed by atoms with Crippen LogP contribution in [-0.2, 0) is 6.42 Å². The van der Waals surface area contributed by atoms with Crippen molar-refractivity contribution in [1.29, 1.82) is 0 Å². The molecule has 0 spiro atoms. The van der Waals surface area contributed by atoms with Gasteiger partial charge in [0.1, 0.15) is 0 Å². The third kappa shape index (κ3) is 3.41. The molecule has 0 aliphatic heterocycles. The highest BCUT2D eigenvalue weighted by atomic mass is 32.1. The van der Waals surface area contributed by atoms with E-state index < -0.39 is 0 Å². The van der Waals surface area contributed by atoms with Gasteiger partial charge in [0.05, 0.1) is 12.5 Å². The summed E-state index contributed by atoms with van der Waals surface area (Å²) in [4.78, 5) is 12.0. The van der Waals surface area contributed by atoms with Crippen molar-refractivity contribution in [3.05, 3.63) is 70.8 Å². The second-order valence-corrected chi connectivity index (χ2v) is 5.51. The highest BCUT2D eigenvalue weighted by Crippen LogP contribution is 2.22. The van der Waals surface area contributed by atoms with Crippen LogP contribution in [0.2, 0.25) is 0 Å². The average Bonchev–Trinajstić information content (AvgIpc) is 3.21. The Morgan fingerprint density at radius 2 is 1.95 bits per heavy atom. The SMILES string of the molecule is O=C(NCCc1ccoc1)c1ccc(-c2ccsc2)cc1. The van der Waals surface area contributed by atoms with Crippen LogP contribution in [0, 0.1) is 0 Å². The summed E-state index contributed by atoms with van der Waals surface area (Å²) in [6.07, 6.45) is 4.11. The predicted octanol–water partition coefficient (Wildman–Crippen LogP) is 3.98. The summed E-state index contributed by atoms with van der Waals surface area (Å²) >= 11 is 1.67. The molecule has 0 saturated carbocycles. The van der Waals surface area contributed by atoms with Crippen LogP contribution in [0.15, 0.2) is 64.1 Å². The van der Waals surface area contributed by atoms with Gasteiger partial charge in [0.2, 0.25) is 0 Å². The Morgan fingerprint density at radius 1 is 1.10 bits per heavy atom. The van der Waals surface area contributed by atoms with Gasteiger partial charge in [-0.2, -0.15) is 11.3 Å². The summed E-state index contributed by atoms with van der Waals surface area (Å²) < 4.78 is 4.99. The highest BCUT2D eigenvalue weighted by Gasteiger charge is 2.06. The largest absolute Gasteiger partial charge is 0.472 e. The van der Waals surface area contributed by atoms with Gasteiger partial charge in [0.15, 0.2) is 0 Å². The van der Waals surface area contributed by atoms with Crippen LogP contribution in [0.1, 0.15) is 15.9 Å². The van der Waals surface area contributed by atoms with E-state index in [1.807, 2.05) is 35.7 Å². The summed E-state index contributed by atoms with van der Waals surface area (Å²) in [5.41, 5.74) is 4.09. The van der Waals surface area contributed by atoms with Crippen LogP contribution in [0.4, 0.5) is 0 Å². The first-order chi connectivity index (χ1) is 10.3. The van der Waals surface area contributed by atoms with Gasteiger partial charge in [-0.05, 0) is 58.1 Å². The maximum absolute atomic E-state index is 12.0. The normalized spacial score (nSPS) is 10.5. The zero-order valence-corrected chi connectivity index (χ0v) is 12.2. The van der Waals surface area contributed by atoms with Crippen molar-refractivity contribution in [2.75, 3.05) is 6.54 Å². The van der Waals surface area contributed by atoms with Crippen molar-refractivity contribution in [3.63, 3.8) is 0 Å². The quantitative estimate of drug-likeness (QED) is 0.774. The molecule has 0 aliphatic rings. The zero-order valence-electron chi connectivity index (χ0n) is 11.4. The summed E-state index contributed by atoms with van der Waals surface area (Å²) in [7, 11) is 0. The molecule has 0 unspecified atom stereocenters. The Bertz CT molecular complexity index is 685. The molecule has 4 heteroatoms. The summed E-state index contributed by atoms with van der Waals surface area (Å²) in [6.45, 7) is 0.602. The van der Waals surface area contributed by atoms with Crippen molar-refractivity contribution >= 4 is 17.2 Å². The van der Waals surface area contributed by atoms with E-state index in [4.69, 9.17) is 4.42 Å². The number of carbonyl (C=O) groups is 1. The molecule has 21 heavy (non-hydrogen) atoms. The van der Waals surface area contributed by atoms with E-state index in [1.54, 1.807) is 23.9 Å². The molecule has 0 fully saturated rings. The van der Waals surface area contributed by atoms with E-state index in [9.17, 15) is 4.79 Å². The molecule has 0 atom stereocenters. The Morgan fingerprint density at radius 3 is 2.62 bits per heavy atom.